The number of aliphatic hydroxyl groups is 2. The van der Waals surface area contributed by atoms with Gasteiger partial charge < -0.3 is 29.2 Å². The average Bonchev–Trinajstić information content (AvgIpc) is 2.66. The van der Waals surface area contributed by atoms with E-state index in [0.717, 1.165) is 17.7 Å². The fraction of sp³-hybridized carbons (Fsp3) is 0.400. The first-order valence-corrected chi connectivity index (χ1v) is 8.83. The van der Waals surface area contributed by atoms with Crippen LogP contribution in [0.2, 0.25) is 0 Å². The van der Waals surface area contributed by atoms with Gasteiger partial charge in [0.1, 0.15) is 24.6 Å². The predicted octanol–water partition coefficient (Wildman–Crippen LogP) is 1.16. The summed E-state index contributed by atoms with van der Waals surface area (Å²) < 4.78 is 21.3. The molecular formula is C20H22O8. The number of carbonyl (C=O) groups is 2. The molecule has 8 heteroatoms. The summed E-state index contributed by atoms with van der Waals surface area (Å²) in [6, 6.07) is 13.0. The van der Waals surface area contributed by atoms with E-state index in [2.05, 4.69) is 0 Å². The second kappa shape index (κ2) is 8.55. The van der Waals surface area contributed by atoms with E-state index < -0.39 is 42.6 Å². The third-order valence-electron chi connectivity index (χ3n) is 4.37. The second-order valence-electron chi connectivity index (χ2n) is 6.53. The van der Waals surface area contributed by atoms with Crippen molar-refractivity contribution in [2.24, 2.45) is 0 Å². The van der Waals surface area contributed by atoms with Gasteiger partial charge in [0.25, 0.3) is 0 Å². The molecule has 0 aromatic heterocycles. The summed E-state index contributed by atoms with van der Waals surface area (Å²) in [5.41, 5.74) is 0. The molecule has 0 radical (unpaired) electrons. The third-order valence-corrected chi connectivity index (χ3v) is 4.37. The lowest BCUT2D eigenvalue weighted by Gasteiger charge is -2.41. The van der Waals surface area contributed by atoms with Gasteiger partial charge in [-0.05, 0) is 22.9 Å². The largest absolute Gasteiger partial charge is 0.463 e. The lowest BCUT2D eigenvalue weighted by molar-refractivity contribution is -0.281. The van der Waals surface area contributed by atoms with Gasteiger partial charge in [0.2, 0.25) is 6.29 Å². The Morgan fingerprint density at radius 2 is 1.71 bits per heavy atom. The molecule has 0 amide bonds. The molecule has 28 heavy (non-hydrogen) atoms. The van der Waals surface area contributed by atoms with Crippen molar-refractivity contribution in [3.63, 3.8) is 0 Å². The first-order valence-electron chi connectivity index (χ1n) is 8.83. The topological polar surface area (TPSA) is 112 Å². The average molecular weight is 390 g/mol. The number of benzene rings is 2. The SMILES string of the molecule is CC(=O)OC[C@H]1O[C@@H](Oc2ccc3ccccc3c2)[C@H](O)[C@@H](OC(C)=O)[C@@H]1O. The molecule has 0 bridgehead atoms. The van der Waals surface area contributed by atoms with Gasteiger partial charge in [0.05, 0.1) is 0 Å². The maximum absolute atomic E-state index is 11.4. The summed E-state index contributed by atoms with van der Waals surface area (Å²) in [5.74, 6) is -0.814. The zero-order valence-corrected chi connectivity index (χ0v) is 15.5. The third kappa shape index (κ3) is 4.59. The molecule has 1 saturated heterocycles. The van der Waals surface area contributed by atoms with Crippen LogP contribution in [0.25, 0.3) is 10.8 Å². The molecule has 3 rings (SSSR count). The monoisotopic (exact) mass is 390 g/mol. The highest BCUT2D eigenvalue weighted by Crippen LogP contribution is 2.28. The lowest BCUT2D eigenvalue weighted by atomic mass is 9.99. The van der Waals surface area contributed by atoms with E-state index in [1.54, 1.807) is 12.1 Å². The van der Waals surface area contributed by atoms with Gasteiger partial charge in [0, 0.05) is 13.8 Å². The van der Waals surface area contributed by atoms with Crippen molar-refractivity contribution in [2.45, 2.75) is 44.6 Å². The number of fused-ring (bicyclic) bond motifs is 1. The Morgan fingerprint density at radius 1 is 1.00 bits per heavy atom. The molecule has 1 aliphatic rings. The Labute approximate surface area is 161 Å². The van der Waals surface area contributed by atoms with Gasteiger partial charge in [-0.3, -0.25) is 9.59 Å². The Morgan fingerprint density at radius 3 is 2.39 bits per heavy atom. The maximum atomic E-state index is 11.4. The smallest absolute Gasteiger partial charge is 0.303 e. The Bertz CT molecular complexity index is 851. The van der Waals surface area contributed by atoms with Crippen molar-refractivity contribution in [2.75, 3.05) is 6.61 Å². The molecule has 0 unspecified atom stereocenters. The summed E-state index contributed by atoms with van der Waals surface area (Å²) in [6.07, 6.45) is -6.41. The van der Waals surface area contributed by atoms with Gasteiger partial charge in [-0.1, -0.05) is 30.3 Å². The van der Waals surface area contributed by atoms with E-state index in [0.29, 0.717) is 5.75 Å². The molecule has 150 valence electrons. The van der Waals surface area contributed by atoms with Crippen molar-refractivity contribution in [3.05, 3.63) is 42.5 Å². The highest BCUT2D eigenvalue weighted by atomic mass is 16.7. The number of carbonyl (C=O) groups excluding carboxylic acids is 2. The Kier molecular flexibility index (Phi) is 6.13. The molecule has 0 saturated carbocycles. The van der Waals surface area contributed by atoms with E-state index in [1.807, 2.05) is 30.3 Å². The fourth-order valence-corrected chi connectivity index (χ4v) is 3.04. The maximum Gasteiger partial charge on any atom is 0.303 e. The van der Waals surface area contributed by atoms with Crippen molar-refractivity contribution in [1.82, 2.24) is 0 Å². The van der Waals surface area contributed by atoms with Crippen molar-refractivity contribution in [3.8, 4) is 5.75 Å². The van der Waals surface area contributed by atoms with Gasteiger partial charge in [-0.25, -0.2) is 0 Å². The molecule has 1 aliphatic heterocycles. The van der Waals surface area contributed by atoms with E-state index in [1.165, 1.54) is 6.92 Å². The summed E-state index contributed by atoms with van der Waals surface area (Å²) in [5, 5.41) is 22.8. The van der Waals surface area contributed by atoms with Crippen LogP contribution in [0, 0.1) is 0 Å². The first kappa shape index (κ1) is 20.1. The van der Waals surface area contributed by atoms with Crippen LogP contribution in [0.4, 0.5) is 0 Å². The Balaban J connectivity index is 1.81. The number of esters is 2. The zero-order valence-electron chi connectivity index (χ0n) is 15.5. The second-order valence-corrected chi connectivity index (χ2v) is 6.53. The van der Waals surface area contributed by atoms with Gasteiger partial charge >= 0.3 is 11.9 Å². The van der Waals surface area contributed by atoms with E-state index in [9.17, 15) is 19.8 Å². The first-order chi connectivity index (χ1) is 13.3. The minimum atomic E-state index is -1.45. The number of rotatable bonds is 5. The molecular weight excluding hydrogens is 368 g/mol. The minimum absolute atomic E-state index is 0.279. The van der Waals surface area contributed by atoms with Crippen LogP contribution in [0.3, 0.4) is 0 Å². The van der Waals surface area contributed by atoms with Crippen LogP contribution in [0.1, 0.15) is 13.8 Å². The molecule has 1 fully saturated rings. The standard InChI is InChI=1S/C20H22O8/c1-11(21)25-10-16-17(23)19(26-12(2)22)18(24)20(28-16)27-15-8-7-13-5-3-4-6-14(13)9-15/h3-9,16-20,23-24H,10H2,1-2H3/t16-,17-,18-,19+,20-/m1/s1. The summed E-state index contributed by atoms with van der Waals surface area (Å²) in [7, 11) is 0. The van der Waals surface area contributed by atoms with Crippen LogP contribution in [-0.2, 0) is 23.8 Å². The molecule has 2 aromatic rings. The molecule has 1 heterocycles. The number of ether oxygens (including phenoxy) is 4. The van der Waals surface area contributed by atoms with Gasteiger partial charge in [-0.2, -0.15) is 0 Å². The van der Waals surface area contributed by atoms with Crippen LogP contribution in [-0.4, -0.2) is 59.5 Å². The van der Waals surface area contributed by atoms with Crippen LogP contribution in [0.15, 0.2) is 42.5 Å². The molecule has 0 aliphatic carbocycles. The highest BCUT2D eigenvalue weighted by Gasteiger charge is 2.48. The van der Waals surface area contributed by atoms with Crippen LogP contribution < -0.4 is 4.74 Å². The van der Waals surface area contributed by atoms with Crippen molar-refractivity contribution < 1.29 is 38.7 Å². The minimum Gasteiger partial charge on any atom is -0.463 e. The molecule has 2 aromatic carbocycles. The predicted molar refractivity (Wildman–Crippen MR) is 97.4 cm³/mol. The molecule has 8 nitrogen and oxygen atoms in total. The van der Waals surface area contributed by atoms with Gasteiger partial charge in [0.15, 0.2) is 12.2 Å². The molecule has 0 spiro atoms. The molecule has 2 N–H and O–H groups in total. The fourth-order valence-electron chi connectivity index (χ4n) is 3.04. The molecule has 5 atom stereocenters. The number of hydrogen-bond acceptors (Lipinski definition) is 8. The van der Waals surface area contributed by atoms with E-state index in [4.69, 9.17) is 18.9 Å². The van der Waals surface area contributed by atoms with Gasteiger partial charge in [-0.15, -0.1) is 0 Å². The zero-order chi connectivity index (χ0) is 20.3. The summed E-state index contributed by atoms with van der Waals surface area (Å²) in [4.78, 5) is 22.5. The summed E-state index contributed by atoms with van der Waals surface area (Å²) >= 11 is 0. The quantitative estimate of drug-likeness (QED) is 0.732. The lowest BCUT2D eigenvalue weighted by Crippen LogP contribution is -2.61. The van der Waals surface area contributed by atoms with E-state index >= 15 is 0 Å². The Hall–Kier alpha value is -2.68. The number of aliphatic hydroxyl groups excluding tert-OH is 2. The normalized spacial score (nSPS) is 27.2. The van der Waals surface area contributed by atoms with E-state index in [-0.39, 0.29) is 6.61 Å². The number of hydrogen-bond donors (Lipinski definition) is 2. The van der Waals surface area contributed by atoms with Crippen molar-refractivity contribution >= 4 is 22.7 Å². The van der Waals surface area contributed by atoms with Crippen LogP contribution in [0.5, 0.6) is 5.75 Å². The van der Waals surface area contributed by atoms with Crippen molar-refractivity contribution in [1.29, 1.82) is 0 Å². The van der Waals surface area contributed by atoms with Crippen LogP contribution >= 0.6 is 0 Å². The summed E-state index contributed by atoms with van der Waals surface area (Å²) in [6.45, 7) is 2.10. The highest BCUT2D eigenvalue weighted by molar-refractivity contribution is 5.83.